The highest BCUT2D eigenvalue weighted by molar-refractivity contribution is 6.30. The monoisotopic (exact) mass is 422 g/mol. The lowest BCUT2D eigenvalue weighted by Crippen LogP contribution is -2.48. The summed E-state index contributed by atoms with van der Waals surface area (Å²) >= 11 is 11.8. The van der Waals surface area contributed by atoms with Crippen molar-refractivity contribution in [3.63, 3.8) is 0 Å². The number of halogens is 2. The summed E-state index contributed by atoms with van der Waals surface area (Å²) in [6.07, 6.45) is 0.632. The van der Waals surface area contributed by atoms with Gasteiger partial charge in [0.25, 0.3) is 0 Å². The molecule has 7 heteroatoms. The minimum atomic E-state index is -0.658. The number of hydrogen-bond acceptors (Lipinski definition) is 3. The number of carbonyl (C=O) groups excluding carboxylic acids is 2. The Kier molecular flexibility index (Phi) is 8.77. The molecular formula is C21H24Cl2N2O3. The van der Waals surface area contributed by atoms with E-state index in [0.717, 1.165) is 11.1 Å². The van der Waals surface area contributed by atoms with Gasteiger partial charge in [0.2, 0.25) is 11.8 Å². The molecule has 2 amide bonds. The average Bonchev–Trinajstić information content (AvgIpc) is 2.68. The van der Waals surface area contributed by atoms with Gasteiger partial charge < -0.3 is 15.3 Å². The van der Waals surface area contributed by atoms with Crippen molar-refractivity contribution >= 4 is 35.0 Å². The molecule has 150 valence electrons. The standard InChI is InChI=1S/C21H24Cl2N2O3/c1-15(21(28)24-11-2-12-26)25(14-17-5-9-19(23)10-6-17)20(27)13-16-3-7-18(22)8-4-16/h3-10,15,26H,2,11-14H2,1H3,(H,24,28). The Hall–Kier alpha value is -2.08. The van der Waals surface area contributed by atoms with Crippen molar-refractivity contribution in [1.29, 1.82) is 0 Å². The first-order valence-corrected chi connectivity index (χ1v) is 9.83. The highest BCUT2D eigenvalue weighted by Gasteiger charge is 2.26. The van der Waals surface area contributed by atoms with Gasteiger partial charge in [0, 0.05) is 29.7 Å². The summed E-state index contributed by atoms with van der Waals surface area (Å²) in [5.74, 6) is -0.422. The fraction of sp³-hybridized carbons (Fsp3) is 0.333. The molecule has 1 atom stereocenters. The second-order valence-electron chi connectivity index (χ2n) is 6.50. The van der Waals surface area contributed by atoms with Gasteiger partial charge in [-0.3, -0.25) is 9.59 Å². The molecule has 0 saturated heterocycles. The maximum Gasteiger partial charge on any atom is 0.242 e. The van der Waals surface area contributed by atoms with Crippen molar-refractivity contribution in [2.24, 2.45) is 0 Å². The van der Waals surface area contributed by atoms with Crippen LogP contribution in [0, 0.1) is 0 Å². The van der Waals surface area contributed by atoms with E-state index in [4.69, 9.17) is 28.3 Å². The van der Waals surface area contributed by atoms with Crippen LogP contribution in [0.1, 0.15) is 24.5 Å². The van der Waals surface area contributed by atoms with E-state index >= 15 is 0 Å². The maximum absolute atomic E-state index is 13.0. The van der Waals surface area contributed by atoms with E-state index in [1.165, 1.54) is 0 Å². The summed E-state index contributed by atoms with van der Waals surface area (Å²) in [7, 11) is 0. The molecule has 5 nitrogen and oxygen atoms in total. The first-order valence-electron chi connectivity index (χ1n) is 9.07. The summed E-state index contributed by atoms with van der Waals surface area (Å²) in [4.78, 5) is 27.0. The highest BCUT2D eigenvalue weighted by Crippen LogP contribution is 2.16. The van der Waals surface area contributed by atoms with Gasteiger partial charge in [-0.2, -0.15) is 0 Å². The number of nitrogens with zero attached hydrogens (tertiary/aromatic N) is 1. The summed E-state index contributed by atoms with van der Waals surface area (Å²) in [6.45, 7) is 2.35. The average molecular weight is 423 g/mol. The second kappa shape index (κ2) is 11.1. The second-order valence-corrected chi connectivity index (χ2v) is 7.37. The molecule has 28 heavy (non-hydrogen) atoms. The zero-order valence-corrected chi connectivity index (χ0v) is 17.2. The molecule has 0 saturated carbocycles. The summed E-state index contributed by atoms with van der Waals surface area (Å²) in [5, 5.41) is 12.8. The van der Waals surface area contributed by atoms with Crippen LogP contribution in [0.25, 0.3) is 0 Å². The predicted molar refractivity (Wildman–Crippen MR) is 111 cm³/mol. The zero-order valence-electron chi connectivity index (χ0n) is 15.7. The fourth-order valence-corrected chi connectivity index (χ4v) is 2.94. The van der Waals surface area contributed by atoms with E-state index in [0.29, 0.717) is 23.0 Å². The van der Waals surface area contributed by atoms with E-state index in [-0.39, 0.29) is 31.4 Å². The van der Waals surface area contributed by atoms with E-state index in [2.05, 4.69) is 5.32 Å². The van der Waals surface area contributed by atoms with E-state index in [1.807, 2.05) is 12.1 Å². The summed E-state index contributed by atoms with van der Waals surface area (Å²) in [6, 6.07) is 13.6. The number of aliphatic hydroxyl groups excluding tert-OH is 1. The van der Waals surface area contributed by atoms with Crippen LogP contribution in [-0.2, 0) is 22.6 Å². The fourth-order valence-electron chi connectivity index (χ4n) is 2.69. The zero-order chi connectivity index (χ0) is 20.5. The van der Waals surface area contributed by atoms with Crippen LogP contribution >= 0.6 is 23.2 Å². The lowest BCUT2D eigenvalue weighted by molar-refractivity contribution is -0.140. The van der Waals surface area contributed by atoms with Crippen molar-refractivity contribution in [1.82, 2.24) is 10.2 Å². The third kappa shape index (κ3) is 6.82. The van der Waals surface area contributed by atoms with Crippen molar-refractivity contribution in [3.8, 4) is 0 Å². The topological polar surface area (TPSA) is 69.6 Å². The molecule has 0 bridgehead atoms. The quantitative estimate of drug-likeness (QED) is 0.607. The smallest absolute Gasteiger partial charge is 0.242 e. The molecule has 0 heterocycles. The largest absolute Gasteiger partial charge is 0.396 e. The van der Waals surface area contributed by atoms with Crippen molar-refractivity contribution in [3.05, 3.63) is 69.7 Å². The Morgan fingerprint density at radius 2 is 1.54 bits per heavy atom. The van der Waals surface area contributed by atoms with Crippen LogP contribution in [0.5, 0.6) is 0 Å². The molecule has 1 unspecified atom stereocenters. The van der Waals surface area contributed by atoms with E-state index in [9.17, 15) is 9.59 Å². The SMILES string of the molecule is CC(C(=O)NCCCO)N(Cc1ccc(Cl)cc1)C(=O)Cc1ccc(Cl)cc1. The molecule has 2 aromatic rings. The molecule has 0 radical (unpaired) electrons. The predicted octanol–water partition coefficient (Wildman–Crippen LogP) is 3.45. The van der Waals surface area contributed by atoms with Crippen molar-refractivity contribution < 1.29 is 14.7 Å². The first kappa shape index (κ1) is 22.2. The third-order valence-electron chi connectivity index (χ3n) is 4.34. The molecule has 0 aliphatic heterocycles. The number of aliphatic hydroxyl groups is 1. The number of amides is 2. The van der Waals surface area contributed by atoms with Gasteiger partial charge in [-0.1, -0.05) is 47.5 Å². The number of hydrogen-bond donors (Lipinski definition) is 2. The lowest BCUT2D eigenvalue weighted by atomic mass is 10.1. The van der Waals surface area contributed by atoms with Gasteiger partial charge in [0.05, 0.1) is 6.42 Å². The normalized spacial score (nSPS) is 11.7. The van der Waals surface area contributed by atoms with Crippen molar-refractivity contribution in [2.75, 3.05) is 13.2 Å². The van der Waals surface area contributed by atoms with Crippen LogP contribution in [0.4, 0.5) is 0 Å². The molecule has 2 rings (SSSR count). The minimum Gasteiger partial charge on any atom is -0.396 e. The molecule has 0 aromatic heterocycles. The van der Waals surface area contributed by atoms with Gasteiger partial charge >= 0.3 is 0 Å². The minimum absolute atomic E-state index is 0.00134. The number of rotatable bonds is 9. The first-order chi connectivity index (χ1) is 13.4. The van der Waals surface area contributed by atoms with Gasteiger partial charge in [-0.05, 0) is 48.7 Å². The molecule has 0 fully saturated rings. The Labute approximate surface area is 175 Å². The number of benzene rings is 2. The van der Waals surface area contributed by atoms with Crippen LogP contribution in [0.15, 0.2) is 48.5 Å². The lowest BCUT2D eigenvalue weighted by Gasteiger charge is -2.29. The van der Waals surface area contributed by atoms with Crippen molar-refractivity contribution in [2.45, 2.75) is 32.4 Å². The van der Waals surface area contributed by atoms with Crippen LogP contribution in [0.3, 0.4) is 0 Å². The molecule has 2 aromatic carbocycles. The Morgan fingerprint density at radius 3 is 2.07 bits per heavy atom. The van der Waals surface area contributed by atoms with E-state index < -0.39 is 6.04 Å². The molecule has 0 spiro atoms. The highest BCUT2D eigenvalue weighted by atomic mass is 35.5. The number of nitrogens with one attached hydrogen (secondary N) is 1. The summed E-state index contributed by atoms with van der Waals surface area (Å²) in [5.41, 5.74) is 1.70. The maximum atomic E-state index is 13.0. The Balaban J connectivity index is 2.15. The molecule has 0 aliphatic carbocycles. The van der Waals surface area contributed by atoms with Gasteiger partial charge in [-0.25, -0.2) is 0 Å². The van der Waals surface area contributed by atoms with Crippen LogP contribution in [0.2, 0.25) is 10.0 Å². The third-order valence-corrected chi connectivity index (χ3v) is 4.84. The molecular weight excluding hydrogens is 399 g/mol. The van der Waals surface area contributed by atoms with Gasteiger partial charge in [0.1, 0.15) is 6.04 Å². The van der Waals surface area contributed by atoms with Crippen LogP contribution in [-0.4, -0.2) is 41.0 Å². The molecule has 2 N–H and O–H groups in total. The number of carbonyl (C=O) groups is 2. The Bertz CT molecular complexity index is 779. The van der Waals surface area contributed by atoms with E-state index in [1.54, 1.807) is 48.2 Å². The van der Waals surface area contributed by atoms with Gasteiger partial charge in [0.15, 0.2) is 0 Å². The van der Waals surface area contributed by atoms with Crippen LogP contribution < -0.4 is 5.32 Å². The summed E-state index contributed by atoms with van der Waals surface area (Å²) < 4.78 is 0. The Morgan fingerprint density at radius 1 is 1.00 bits per heavy atom. The van der Waals surface area contributed by atoms with Gasteiger partial charge in [-0.15, -0.1) is 0 Å². The molecule has 0 aliphatic rings.